The van der Waals surface area contributed by atoms with Crippen molar-refractivity contribution in [2.45, 2.75) is 64.9 Å². The maximum atomic E-state index is 12.9. The van der Waals surface area contributed by atoms with E-state index < -0.39 is 0 Å². The van der Waals surface area contributed by atoms with Gasteiger partial charge in [-0.1, -0.05) is 19.4 Å². The van der Waals surface area contributed by atoms with Crippen molar-refractivity contribution in [3.63, 3.8) is 0 Å². The predicted octanol–water partition coefficient (Wildman–Crippen LogP) is 3.06. The summed E-state index contributed by atoms with van der Waals surface area (Å²) in [6.07, 6.45) is 7.51. The summed E-state index contributed by atoms with van der Waals surface area (Å²) in [5.74, 6) is 1.26. The molecule has 22 heavy (non-hydrogen) atoms. The lowest BCUT2D eigenvalue weighted by molar-refractivity contribution is -0.139. The number of carbonyl (C=O) groups excluding carboxylic acids is 2. The molecule has 0 saturated heterocycles. The number of fused-ring (bicyclic) bond motifs is 5. The van der Waals surface area contributed by atoms with E-state index in [2.05, 4.69) is 13.8 Å². The van der Waals surface area contributed by atoms with Crippen molar-refractivity contribution >= 4 is 11.6 Å². The number of aliphatic hydroxyl groups is 1. The Bertz CT molecular complexity index is 577. The van der Waals surface area contributed by atoms with Gasteiger partial charge in [0.15, 0.2) is 5.78 Å². The zero-order valence-electron chi connectivity index (χ0n) is 13.6. The molecule has 0 spiro atoms. The Morgan fingerprint density at radius 1 is 1.05 bits per heavy atom. The van der Waals surface area contributed by atoms with Crippen LogP contribution in [-0.4, -0.2) is 22.8 Å². The highest BCUT2D eigenvalue weighted by atomic mass is 16.3. The number of hydrogen-bond donors (Lipinski definition) is 1. The van der Waals surface area contributed by atoms with Crippen LogP contribution in [0.1, 0.15) is 58.8 Å². The van der Waals surface area contributed by atoms with Crippen molar-refractivity contribution in [1.29, 1.82) is 0 Å². The SMILES string of the molecule is C[C@]12CC[C@H](O)CC1=CC(=O)C1C2CC[C@]2(C)C(=O)CCC12. The molecule has 120 valence electrons. The minimum Gasteiger partial charge on any atom is -0.393 e. The van der Waals surface area contributed by atoms with Gasteiger partial charge in [0.2, 0.25) is 0 Å². The molecule has 0 aliphatic heterocycles. The third kappa shape index (κ3) is 1.72. The van der Waals surface area contributed by atoms with Gasteiger partial charge >= 0.3 is 0 Å². The average molecular weight is 302 g/mol. The van der Waals surface area contributed by atoms with Crippen LogP contribution in [0.2, 0.25) is 0 Å². The van der Waals surface area contributed by atoms with E-state index in [9.17, 15) is 14.7 Å². The van der Waals surface area contributed by atoms with E-state index in [0.717, 1.165) is 32.1 Å². The Morgan fingerprint density at radius 2 is 1.73 bits per heavy atom. The van der Waals surface area contributed by atoms with Gasteiger partial charge in [0.1, 0.15) is 5.78 Å². The quantitative estimate of drug-likeness (QED) is 0.748. The second-order valence-corrected chi connectivity index (χ2v) is 8.54. The van der Waals surface area contributed by atoms with Gasteiger partial charge < -0.3 is 5.11 Å². The number of aliphatic hydroxyl groups excluding tert-OH is 1. The van der Waals surface area contributed by atoms with Gasteiger partial charge in [0.05, 0.1) is 6.10 Å². The maximum absolute atomic E-state index is 12.9. The monoisotopic (exact) mass is 302 g/mol. The van der Waals surface area contributed by atoms with Crippen LogP contribution in [0.3, 0.4) is 0 Å². The number of carbonyl (C=O) groups is 2. The summed E-state index contributed by atoms with van der Waals surface area (Å²) < 4.78 is 0. The summed E-state index contributed by atoms with van der Waals surface area (Å²) in [6.45, 7) is 4.40. The maximum Gasteiger partial charge on any atom is 0.159 e. The first-order chi connectivity index (χ1) is 10.4. The molecule has 0 amide bonds. The first kappa shape index (κ1) is 14.6. The van der Waals surface area contributed by atoms with Crippen molar-refractivity contribution < 1.29 is 14.7 Å². The first-order valence-electron chi connectivity index (χ1n) is 8.82. The van der Waals surface area contributed by atoms with Crippen molar-refractivity contribution in [2.24, 2.45) is 28.6 Å². The van der Waals surface area contributed by atoms with Crippen molar-refractivity contribution in [3.05, 3.63) is 11.6 Å². The largest absolute Gasteiger partial charge is 0.393 e. The van der Waals surface area contributed by atoms with Gasteiger partial charge in [0, 0.05) is 17.8 Å². The van der Waals surface area contributed by atoms with Crippen molar-refractivity contribution in [3.8, 4) is 0 Å². The van der Waals surface area contributed by atoms with E-state index in [1.165, 1.54) is 5.57 Å². The smallest absolute Gasteiger partial charge is 0.159 e. The number of Topliss-reactive ketones (excluding diaryl/α,β-unsaturated/α-hetero) is 1. The predicted molar refractivity (Wildman–Crippen MR) is 83.1 cm³/mol. The molecule has 0 aromatic heterocycles. The molecule has 3 saturated carbocycles. The number of ketones is 2. The van der Waals surface area contributed by atoms with E-state index in [1.54, 1.807) is 0 Å². The molecule has 0 aromatic carbocycles. The Morgan fingerprint density at radius 3 is 2.50 bits per heavy atom. The van der Waals surface area contributed by atoms with Crippen LogP contribution in [0, 0.1) is 28.6 Å². The Labute approximate surface area is 132 Å². The van der Waals surface area contributed by atoms with Crippen LogP contribution in [0.5, 0.6) is 0 Å². The highest BCUT2D eigenvalue weighted by molar-refractivity contribution is 5.96. The van der Waals surface area contributed by atoms with E-state index in [0.29, 0.717) is 24.5 Å². The molecule has 0 aromatic rings. The van der Waals surface area contributed by atoms with Crippen LogP contribution < -0.4 is 0 Å². The fraction of sp³-hybridized carbons (Fsp3) is 0.789. The van der Waals surface area contributed by atoms with Gasteiger partial charge in [-0.3, -0.25) is 9.59 Å². The van der Waals surface area contributed by atoms with Gasteiger partial charge in [0.25, 0.3) is 0 Å². The third-order valence-electron chi connectivity index (χ3n) is 7.63. The molecule has 4 rings (SSSR count). The summed E-state index contributed by atoms with van der Waals surface area (Å²) in [4.78, 5) is 25.2. The van der Waals surface area contributed by atoms with Gasteiger partial charge in [-0.25, -0.2) is 0 Å². The van der Waals surface area contributed by atoms with Crippen molar-refractivity contribution in [1.82, 2.24) is 0 Å². The lowest BCUT2D eigenvalue weighted by Gasteiger charge is -2.55. The molecule has 1 N–H and O–H groups in total. The molecule has 0 bridgehead atoms. The lowest BCUT2D eigenvalue weighted by atomic mass is 9.48. The third-order valence-corrected chi connectivity index (χ3v) is 7.63. The van der Waals surface area contributed by atoms with Gasteiger partial charge in [-0.2, -0.15) is 0 Å². The van der Waals surface area contributed by atoms with Crippen LogP contribution in [-0.2, 0) is 9.59 Å². The molecule has 3 fully saturated rings. The molecule has 3 unspecified atom stereocenters. The zero-order valence-corrected chi connectivity index (χ0v) is 13.6. The van der Waals surface area contributed by atoms with Crippen LogP contribution in [0.4, 0.5) is 0 Å². The topological polar surface area (TPSA) is 54.4 Å². The van der Waals surface area contributed by atoms with E-state index in [-0.39, 0.29) is 34.6 Å². The average Bonchev–Trinajstić information content (AvgIpc) is 2.77. The normalized spacial score (nSPS) is 51.0. The molecule has 4 aliphatic rings. The summed E-state index contributed by atoms with van der Waals surface area (Å²) >= 11 is 0. The standard InChI is InChI=1S/C19H26O3/c1-18-7-5-12(20)9-11(18)10-15(21)17-13-3-4-16(22)19(13,2)8-6-14(17)18/h10,12-14,17,20H,3-9H2,1-2H3/t12-,13?,14?,17?,18-,19-/m0/s1. The first-order valence-corrected chi connectivity index (χ1v) is 8.82. The second kappa shape index (κ2) is 4.53. The summed E-state index contributed by atoms with van der Waals surface area (Å²) in [5, 5.41) is 9.97. The molecule has 3 heteroatoms. The summed E-state index contributed by atoms with van der Waals surface area (Å²) in [5.41, 5.74) is 0.975. The molecular formula is C19H26O3. The van der Waals surface area contributed by atoms with E-state index in [4.69, 9.17) is 0 Å². The van der Waals surface area contributed by atoms with Crippen LogP contribution in [0.15, 0.2) is 11.6 Å². The van der Waals surface area contributed by atoms with E-state index >= 15 is 0 Å². The molecule has 6 atom stereocenters. The molecule has 0 heterocycles. The summed E-state index contributed by atoms with van der Waals surface area (Å²) in [7, 11) is 0. The highest BCUT2D eigenvalue weighted by Gasteiger charge is 2.60. The summed E-state index contributed by atoms with van der Waals surface area (Å²) in [6, 6.07) is 0. The number of rotatable bonds is 0. The highest BCUT2D eigenvalue weighted by Crippen LogP contribution is 2.63. The number of allylic oxidation sites excluding steroid dienone is 1. The molecular weight excluding hydrogens is 276 g/mol. The Hall–Kier alpha value is -0.960. The Kier molecular flexibility index (Phi) is 3.01. The van der Waals surface area contributed by atoms with Gasteiger partial charge in [-0.15, -0.1) is 0 Å². The Balaban J connectivity index is 1.76. The molecule has 4 aliphatic carbocycles. The fourth-order valence-corrected chi connectivity index (χ4v) is 6.16. The lowest BCUT2D eigenvalue weighted by Crippen LogP contribution is -2.53. The minimum absolute atomic E-state index is 0.0363. The molecule has 0 radical (unpaired) electrons. The second-order valence-electron chi connectivity index (χ2n) is 8.54. The zero-order chi connectivity index (χ0) is 15.7. The minimum atomic E-state index is -0.286. The van der Waals surface area contributed by atoms with Crippen LogP contribution >= 0.6 is 0 Å². The van der Waals surface area contributed by atoms with Gasteiger partial charge in [-0.05, 0) is 61.9 Å². The molecule has 3 nitrogen and oxygen atoms in total. The van der Waals surface area contributed by atoms with E-state index in [1.807, 2.05) is 6.08 Å². The number of hydrogen-bond acceptors (Lipinski definition) is 3. The fourth-order valence-electron chi connectivity index (χ4n) is 6.16. The van der Waals surface area contributed by atoms with Crippen molar-refractivity contribution in [2.75, 3.05) is 0 Å². The van der Waals surface area contributed by atoms with Crippen LogP contribution in [0.25, 0.3) is 0 Å².